The van der Waals surface area contributed by atoms with Gasteiger partial charge in [0.15, 0.2) is 0 Å². The van der Waals surface area contributed by atoms with E-state index < -0.39 is 5.41 Å². The van der Waals surface area contributed by atoms with Crippen LogP contribution in [0.3, 0.4) is 0 Å². The van der Waals surface area contributed by atoms with Crippen molar-refractivity contribution in [1.82, 2.24) is 0 Å². The van der Waals surface area contributed by atoms with Crippen molar-refractivity contribution in [2.75, 3.05) is 372 Å². The third-order valence-corrected chi connectivity index (χ3v) is 17.0. The Kier molecular flexibility index (Phi) is 70.9. The van der Waals surface area contributed by atoms with E-state index in [2.05, 4.69) is 74.5 Å². The third kappa shape index (κ3) is 54.5. The number of aryl methyl sites for hydroxylation is 2. The quantitative estimate of drug-likeness (QED) is 0.0372. The van der Waals surface area contributed by atoms with Crippen molar-refractivity contribution in [2.45, 2.75) is 53.4 Å². The molecule has 4 aromatic rings. The van der Waals surface area contributed by atoms with Crippen molar-refractivity contribution < 1.29 is 142 Å². The summed E-state index contributed by atoms with van der Waals surface area (Å²) in [6.07, 6.45) is 1.19. The molecule has 0 N–H and O–H groups in total. The standard InChI is InChI=1S/C85H138O30.C2H6.CH4/c1-73-7-9-81-82-10-8-74(2)64-84(82)85(83(81)63-73,71-75-65-77(112-59-55-92-17-13-88-5)69-78(66-75)113-60-56-93-18-14-89-6)72-76-67-79(114-61-57-110-53-51-108-49-47-106-45-43-104-41-39-102-37-35-100-33-31-98-29-27-96-25-23-94-21-19-90-15-11-86-3)70-80(68-76)115-62-58-111-54-52-109-50-48-107-46-44-105-42-40-103-38-36-101-34-32-99-30-28-97-26-24-95-22-20-91-16-12-87-4;1-2;/h7-10,63-70H,11-62,71-72H2,1-6H3;1-2H3;1H4. The van der Waals surface area contributed by atoms with Crippen LogP contribution >= 0.6 is 0 Å². The van der Waals surface area contributed by atoms with Crippen LogP contribution in [0.2, 0.25) is 0 Å². The van der Waals surface area contributed by atoms with E-state index in [9.17, 15) is 0 Å². The van der Waals surface area contributed by atoms with Gasteiger partial charge in [0.25, 0.3) is 0 Å². The van der Waals surface area contributed by atoms with Crippen LogP contribution in [0.4, 0.5) is 0 Å². The van der Waals surface area contributed by atoms with Crippen LogP contribution in [0, 0.1) is 13.8 Å². The first-order chi connectivity index (χ1) is 57.9. The Morgan fingerprint density at radius 1 is 0.195 bits per heavy atom. The fourth-order valence-corrected chi connectivity index (χ4v) is 11.5. The lowest BCUT2D eigenvalue weighted by Crippen LogP contribution is -2.31. The van der Waals surface area contributed by atoms with Crippen molar-refractivity contribution in [2.24, 2.45) is 0 Å². The number of ether oxygens (including phenoxy) is 30. The summed E-state index contributed by atoms with van der Waals surface area (Å²) in [5.74, 6) is 2.64. The maximum absolute atomic E-state index is 6.53. The number of fused-ring (bicyclic) bond motifs is 3. The Labute approximate surface area is 704 Å². The average Bonchev–Trinajstić information content (AvgIpc) is 1.56. The van der Waals surface area contributed by atoms with Crippen molar-refractivity contribution in [1.29, 1.82) is 0 Å². The molecule has 1 aliphatic carbocycles. The number of hydrogen-bond acceptors (Lipinski definition) is 30. The van der Waals surface area contributed by atoms with Gasteiger partial charge in [-0.3, -0.25) is 0 Å². The van der Waals surface area contributed by atoms with E-state index in [4.69, 9.17) is 142 Å². The lowest BCUT2D eigenvalue weighted by molar-refractivity contribution is -0.0273. The van der Waals surface area contributed by atoms with E-state index in [-0.39, 0.29) is 7.43 Å². The molecule has 0 aromatic heterocycles. The van der Waals surface area contributed by atoms with Crippen molar-refractivity contribution in [3.8, 4) is 34.1 Å². The van der Waals surface area contributed by atoms with Gasteiger partial charge in [-0.1, -0.05) is 68.8 Å². The highest BCUT2D eigenvalue weighted by Gasteiger charge is 2.44. The molecule has 0 atom stereocenters. The molecular formula is C88H148O30. The lowest BCUT2D eigenvalue weighted by Gasteiger charge is -2.34. The molecule has 0 aliphatic heterocycles. The van der Waals surface area contributed by atoms with E-state index in [0.29, 0.717) is 379 Å². The zero-order valence-electron chi connectivity index (χ0n) is 71.9. The summed E-state index contributed by atoms with van der Waals surface area (Å²) in [6.45, 7) is 32.1. The molecule has 0 bridgehead atoms. The normalized spacial score (nSPS) is 12.1. The smallest absolute Gasteiger partial charge is 0.123 e. The van der Waals surface area contributed by atoms with E-state index in [1.807, 2.05) is 26.0 Å². The summed E-state index contributed by atoms with van der Waals surface area (Å²) >= 11 is 0. The summed E-state index contributed by atoms with van der Waals surface area (Å²) in [5.41, 5.74) is 8.64. The van der Waals surface area contributed by atoms with Crippen molar-refractivity contribution in [3.05, 3.63) is 106 Å². The molecule has 0 heterocycles. The molecule has 30 heteroatoms. The predicted molar refractivity (Wildman–Crippen MR) is 448 cm³/mol. The number of rotatable bonds is 86. The third-order valence-electron chi connectivity index (χ3n) is 17.0. The van der Waals surface area contributed by atoms with Gasteiger partial charge in [0.05, 0.1) is 317 Å². The van der Waals surface area contributed by atoms with Crippen LogP contribution in [0.15, 0.2) is 72.8 Å². The second-order valence-corrected chi connectivity index (χ2v) is 26.0. The first kappa shape index (κ1) is 107. The Hall–Kier alpha value is -4.96. The zero-order chi connectivity index (χ0) is 83.3. The van der Waals surface area contributed by atoms with Crippen LogP contribution in [0.1, 0.15) is 54.7 Å². The molecule has 680 valence electrons. The zero-order valence-corrected chi connectivity index (χ0v) is 71.9. The molecule has 0 saturated heterocycles. The molecule has 4 aromatic carbocycles. The summed E-state index contributed by atoms with van der Waals surface area (Å²) in [5, 5.41) is 0. The summed E-state index contributed by atoms with van der Waals surface area (Å²) < 4.78 is 170. The number of hydrogen-bond donors (Lipinski definition) is 0. The first-order valence-corrected chi connectivity index (χ1v) is 41.6. The van der Waals surface area contributed by atoms with Gasteiger partial charge in [-0.25, -0.2) is 0 Å². The molecule has 1 aliphatic rings. The highest BCUT2D eigenvalue weighted by atomic mass is 16.6. The second kappa shape index (κ2) is 78.0. The van der Waals surface area contributed by atoms with E-state index >= 15 is 0 Å². The molecular weight excluding hydrogens is 1540 g/mol. The van der Waals surface area contributed by atoms with E-state index in [1.165, 1.54) is 22.3 Å². The summed E-state index contributed by atoms with van der Waals surface area (Å²) in [7, 11) is 6.60. The van der Waals surface area contributed by atoms with Gasteiger partial charge in [-0.05, 0) is 84.3 Å². The number of benzene rings is 4. The van der Waals surface area contributed by atoms with Gasteiger partial charge >= 0.3 is 0 Å². The molecule has 0 radical (unpaired) electrons. The van der Waals surface area contributed by atoms with Gasteiger partial charge in [0, 0.05) is 46.0 Å². The highest BCUT2D eigenvalue weighted by Crippen LogP contribution is 2.53. The second-order valence-electron chi connectivity index (χ2n) is 26.0. The lowest BCUT2D eigenvalue weighted by atomic mass is 9.69. The predicted octanol–water partition coefficient (Wildman–Crippen LogP) is 9.18. The first-order valence-electron chi connectivity index (χ1n) is 41.6. The van der Waals surface area contributed by atoms with Gasteiger partial charge in [-0.15, -0.1) is 0 Å². The minimum Gasteiger partial charge on any atom is -0.491 e. The molecule has 0 unspecified atom stereocenters. The van der Waals surface area contributed by atoms with Crippen LogP contribution in [0.5, 0.6) is 23.0 Å². The fourth-order valence-electron chi connectivity index (χ4n) is 11.5. The van der Waals surface area contributed by atoms with Gasteiger partial charge in [0.2, 0.25) is 0 Å². The fraction of sp³-hybridized carbons (Fsp3) is 0.727. The Morgan fingerprint density at radius 2 is 0.347 bits per heavy atom. The Bertz CT molecular complexity index is 2710. The molecule has 118 heavy (non-hydrogen) atoms. The minimum absolute atomic E-state index is 0. The molecule has 5 rings (SSSR count). The molecule has 0 saturated carbocycles. The molecule has 0 fully saturated rings. The highest BCUT2D eigenvalue weighted by molar-refractivity contribution is 5.82. The van der Waals surface area contributed by atoms with Crippen molar-refractivity contribution >= 4 is 0 Å². The van der Waals surface area contributed by atoms with Crippen LogP contribution in [-0.4, -0.2) is 372 Å². The average molecular weight is 1690 g/mol. The maximum atomic E-state index is 6.53. The maximum Gasteiger partial charge on any atom is 0.123 e. The topological polar surface area (TPSA) is 277 Å². The molecule has 0 amide bonds. The Balaban J connectivity index is 0.0000119. The Morgan fingerprint density at radius 3 is 0.508 bits per heavy atom. The minimum atomic E-state index is -0.577. The van der Waals surface area contributed by atoms with Gasteiger partial charge < -0.3 is 142 Å². The summed E-state index contributed by atoms with van der Waals surface area (Å²) in [6, 6.07) is 25.9. The number of methoxy groups -OCH3 is 4. The van der Waals surface area contributed by atoms with E-state index in [0.717, 1.165) is 22.3 Å². The monoisotopic (exact) mass is 1690 g/mol. The largest absolute Gasteiger partial charge is 0.491 e. The van der Waals surface area contributed by atoms with E-state index in [1.54, 1.807) is 28.4 Å². The van der Waals surface area contributed by atoms with Crippen LogP contribution < -0.4 is 18.9 Å². The van der Waals surface area contributed by atoms with Gasteiger partial charge in [0.1, 0.15) is 49.4 Å². The summed E-state index contributed by atoms with van der Waals surface area (Å²) in [4.78, 5) is 0. The van der Waals surface area contributed by atoms with Crippen LogP contribution in [-0.2, 0) is 141 Å². The molecule has 30 nitrogen and oxygen atoms in total. The van der Waals surface area contributed by atoms with Crippen molar-refractivity contribution in [3.63, 3.8) is 0 Å². The van der Waals surface area contributed by atoms with Gasteiger partial charge in [-0.2, -0.15) is 0 Å². The van der Waals surface area contributed by atoms with Crippen LogP contribution in [0.25, 0.3) is 11.1 Å². The molecule has 0 spiro atoms. The SMILES string of the molecule is C.CC.COCCOCCOCCOCCOCCOCCOCCOCCOCCOCCOCCOc1cc(CC2(Cc3cc(OCCOCCOC)cc(OCCOCCOC)c3)c3cc(C)ccc3-c3ccc(C)cc32)cc(OCCOCCOCCOCCOCCOCCOCCOCCOCCOCCOCCOC)c1.